The highest BCUT2D eigenvalue weighted by Crippen LogP contribution is 2.48. The maximum Gasteiger partial charge on any atom is 0.307 e. The van der Waals surface area contributed by atoms with Gasteiger partial charge in [0.2, 0.25) is 5.91 Å². The number of hydrogen-bond acceptors (Lipinski definition) is 2. The van der Waals surface area contributed by atoms with Crippen molar-refractivity contribution in [1.29, 1.82) is 0 Å². The van der Waals surface area contributed by atoms with E-state index in [0.717, 1.165) is 12.1 Å². The third kappa shape index (κ3) is 3.59. The molecule has 1 aliphatic carbocycles. The number of carbonyl (C=O) groups is 2. The van der Waals surface area contributed by atoms with Gasteiger partial charge in [-0.25, -0.2) is 8.78 Å². The summed E-state index contributed by atoms with van der Waals surface area (Å²) in [6, 6.07) is 10.3. The summed E-state index contributed by atoms with van der Waals surface area (Å²) < 4.78 is 26.2. The number of amides is 1. The van der Waals surface area contributed by atoms with Crippen LogP contribution in [0.4, 0.5) is 14.5 Å². The number of rotatable bonds is 5. The number of carboxylic acid groups (broad SMARTS) is 1. The summed E-state index contributed by atoms with van der Waals surface area (Å²) >= 11 is 0. The molecule has 0 radical (unpaired) electrons. The van der Waals surface area contributed by atoms with E-state index in [1.807, 2.05) is 0 Å². The van der Waals surface area contributed by atoms with Gasteiger partial charge in [0, 0.05) is 11.6 Å². The van der Waals surface area contributed by atoms with Crippen LogP contribution in [0.25, 0.3) is 0 Å². The molecule has 1 aliphatic rings. The molecule has 1 saturated carbocycles. The lowest BCUT2D eigenvalue weighted by Crippen LogP contribution is -2.15. The highest BCUT2D eigenvalue weighted by atomic mass is 19.2. The molecule has 2 N–H and O–H groups in total. The fourth-order valence-electron chi connectivity index (χ4n) is 2.76. The molecular weight excluding hydrogens is 316 g/mol. The molecule has 124 valence electrons. The van der Waals surface area contributed by atoms with E-state index in [4.69, 9.17) is 5.11 Å². The molecule has 0 heterocycles. The standard InChI is InChI=1S/C18H15F2NO3/c19-15-5-4-11(8-16(15)20)13-9-14(13)18(24)21-12-3-1-2-10(6-12)7-17(22)23/h1-6,8,13-14H,7,9H2,(H,21,24)(H,22,23). The van der Waals surface area contributed by atoms with E-state index < -0.39 is 17.6 Å². The Hall–Kier alpha value is -2.76. The SMILES string of the molecule is O=C(O)Cc1cccc(NC(=O)C2CC2c2ccc(F)c(F)c2)c1. The first-order valence-corrected chi connectivity index (χ1v) is 7.50. The normalized spacial score (nSPS) is 18.9. The zero-order valence-electron chi connectivity index (χ0n) is 12.6. The summed E-state index contributed by atoms with van der Waals surface area (Å²) in [7, 11) is 0. The number of carbonyl (C=O) groups excluding carboxylic acids is 1. The fourth-order valence-corrected chi connectivity index (χ4v) is 2.76. The van der Waals surface area contributed by atoms with Gasteiger partial charge in [0.1, 0.15) is 0 Å². The van der Waals surface area contributed by atoms with Gasteiger partial charge in [-0.05, 0) is 47.7 Å². The minimum atomic E-state index is -0.945. The van der Waals surface area contributed by atoms with E-state index in [0.29, 0.717) is 23.2 Å². The number of hydrogen-bond donors (Lipinski definition) is 2. The molecule has 2 unspecified atom stereocenters. The minimum Gasteiger partial charge on any atom is -0.481 e. The molecule has 1 fully saturated rings. The predicted octanol–water partition coefficient (Wildman–Crippen LogP) is 3.33. The van der Waals surface area contributed by atoms with Crippen LogP contribution in [0.3, 0.4) is 0 Å². The Labute approximate surface area is 137 Å². The second kappa shape index (κ2) is 6.39. The summed E-state index contributed by atoms with van der Waals surface area (Å²) in [5.41, 5.74) is 1.72. The van der Waals surface area contributed by atoms with Crippen molar-refractivity contribution >= 4 is 17.6 Å². The van der Waals surface area contributed by atoms with Crippen LogP contribution in [0, 0.1) is 17.6 Å². The van der Waals surface area contributed by atoms with Crippen LogP contribution >= 0.6 is 0 Å². The molecule has 6 heteroatoms. The van der Waals surface area contributed by atoms with Crippen molar-refractivity contribution < 1.29 is 23.5 Å². The summed E-state index contributed by atoms with van der Waals surface area (Å²) in [5, 5.41) is 11.5. The van der Waals surface area contributed by atoms with Gasteiger partial charge >= 0.3 is 5.97 Å². The molecule has 2 aromatic carbocycles. The molecule has 24 heavy (non-hydrogen) atoms. The average Bonchev–Trinajstić information content (AvgIpc) is 3.30. The lowest BCUT2D eigenvalue weighted by Gasteiger charge is -2.07. The van der Waals surface area contributed by atoms with Gasteiger partial charge in [-0.1, -0.05) is 18.2 Å². The Bertz CT molecular complexity index is 807. The van der Waals surface area contributed by atoms with Gasteiger partial charge in [-0.3, -0.25) is 9.59 Å². The summed E-state index contributed by atoms with van der Waals surface area (Å²) in [6.07, 6.45) is 0.455. The molecule has 0 aromatic heterocycles. The smallest absolute Gasteiger partial charge is 0.307 e. The van der Waals surface area contributed by atoms with Crippen LogP contribution < -0.4 is 5.32 Å². The zero-order valence-corrected chi connectivity index (χ0v) is 12.6. The van der Waals surface area contributed by atoms with Gasteiger partial charge in [0.05, 0.1) is 6.42 Å². The highest BCUT2D eigenvalue weighted by molar-refractivity contribution is 5.95. The topological polar surface area (TPSA) is 66.4 Å². The zero-order chi connectivity index (χ0) is 17.3. The number of halogens is 2. The van der Waals surface area contributed by atoms with E-state index in [2.05, 4.69) is 5.32 Å². The van der Waals surface area contributed by atoms with Crippen molar-refractivity contribution in [2.75, 3.05) is 5.32 Å². The second-order valence-corrected chi connectivity index (χ2v) is 5.88. The number of anilines is 1. The molecule has 0 saturated heterocycles. The van der Waals surface area contributed by atoms with Crippen LogP contribution in [-0.4, -0.2) is 17.0 Å². The largest absolute Gasteiger partial charge is 0.481 e. The Morgan fingerprint density at radius 2 is 1.92 bits per heavy atom. The van der Waals surface area contributed by atoms with Crippen LogP contribution in [0.2, 0.25) is 0 Å². The molecule has 4 nitrogen and oxygen atoms in total. The quantitative estimate of drug-likeness (QED) is 0.883. The Balaban J connectivity index is 1.64. The molecule has 2 atom stereocenters. The molecule has 1 amide bonds. The predicted molar refractivity (Wildman–Crippen MR) is 83.6 cm³/mol. The van der Waals surface area contributed by atoms with Crippen LogP contribution in [0.1, 0.15) is 23.5 Å². The minimum absolute atomic E-state index is 0.120. The third-order valence-electron chi connectivity index (χ3n) is 4.05. The average molecular weight is 331 g/mol. The van der Waals surface area contributed by atoms with Crippen molar-refractivity contribution in [3.8, 4) is 0 Å². The molecule has 0 aliphatic heterocycles. The first-order chi connectivity index (χ1) is 11.4. The van der Waals surface area contributed by atoms with E-state index in [-0.39, 0.29) is 24.2 Å². The summed E-state index contributed by atoms with van der Waals surface area (Å²) in [5.74, 6) is -3.40. The Morgan fingerprint density at radius 1 is 1.12 bits per heavy atom. The van der Waals surface area contributed by atoms with Crippen molar-refractivity contribution in [2.24, 2.45) is 5.92 Å². The van der Waals surface area contributed by atoms with Crippen LogP contribution in [0.5, 0.6) is 0 Å². The van der Waals surface area contributed by atoms with Crippen LogP contribution in [-0.2, 0) is 16.0 Å². The molecule has 0 spiro atoms. The van der Waals surface area contributed by atoms with Crippen molar-refractivity contribution in [3.05, 3.63) is 65.2 Å². The second-order valence-electron chi connectivity index (χ2n) is 5.88. The summed E-state index contributed by atoms with van der Waals surface area (Å²) in [4.78, 5) is 23.0. The van der Waals surface area contributed by atoms with Gasteiger partial charge in [-0.15, -0.1) is 0 Å². The van der Waals surface area contributed by atoms with Gasteiger partial charge in [-0.2, -0.15) is 0 Å². The van der Waals surface area contributed by atoms with Crippen LogP contribution in [0.15, 0.2) is 42.5 Å². The number of aliphatic carboxylic acids is 1. The van der Waals surface area contributed by atoms with Gasteiger partial charge in [0.15, 0.2) is 11.6 Å². The van der Waals surface area contributed by atoms with Gasteiger partial charge in [0.25, 0.3) is 0 Å². The molecule has 2 aromatic rings. The van der Waals surface area contributed by atoms with E-state index in [9.17, 15) is 18.4 Å². The van der Waals surface area contributed by atoms with Crippen molar-refractivity contribution in [3.63, 3.8) is 0 Å². The summed E-state index contributed by atoms with van der Waals surface area (Å²) in [6.45, 7) is 0. The number of benzene rings is 2. The van der Waals surface area contributed by atoms with E-state index in [1.54, 1.807) is 24.3 Å². The van der Waals surface area contributed by atoms with Crippen molar-refractivity contribution in [1.82, 2.24) is 0 Å². The Morgan fingerprint density at radius 3 is 2.62 bits per heavy atom. The molecular formula is C18H15F2NO3. The van der Waals surface area contributed by atoms with Crippen molar-refractivity contribution in [2.45, 2.75) is 18.8 Å². The van der Waals surface area contributed by atoms with E-state index in [1.165, 1.54) is 6.07 Å². The van der Waals surface area contributed by atoms with Gasteiger partial charge < -0.3 is 10.4 Å². The molecule has 3 rings (SSSR count). The highest BCUT2D eigenvalue weighted by Gasteiger charge is 2.44. The Kier molecular flexibility index (Phi) is 4.29. The lowest BCUT2D eigenvalue weighted by atomic mass is 10.1. The fraction of sp³-hybridized carbons (Fsp3) is 0.222. The monoisotopic (exact) mass is 331 g/mol. The first kappa shape index (κ1) is 16.1. The maximum atomic E-state index is 13.3. The third-order valence-corrected chi connectivity index (χ3v) is 4.05. The molecule has 0 bridgehead atoms. The lowest BCUT2D eigenvalue weighted by molar-refractivity contribution is -0.136. The first-order valence-electron chi connectivity index (χ1n) is 7.50. The number of nitrogens with one attached hydrogen (secondary N) is 1. The maximum absolute atomic E-state index is 13.3. The number of carboxylic acids is 1. The van der Waals surface area contributed by atoms with E-state index >= 15 is 0 Å².